The minimum atomic E-state index is 0.654. The topological polar surface area (TPSA) is 41.1 Å². The van der Waals surface area contributed by atoms with E-state index in [4.69, 9.17) is 16.6 Å². The van der Waals surface area contributed by atoms with Crippen molar-refractivity contribution in [2.45, 2.75) is 46.0 Å². The highest BCUT2D eigenvalue weighted by Gasteiger charge is 2.15. The van der Waals surface area contributed by atoms with E-state index in [1.807, 2.05) is 25.1 Å². The number of aryl methyl sites for hydroxylation is 2. The minimum Gasteiger partial charge on any atom is -0.356 e. The van der Waals surface area contributed by atoms with Crippen LogP contribution in [0.25, 0.3) is 0 Å². The predicted octanol–water partition coefficient (Wildman–Crippen LogP) is 5.12. The lowest BCUT2D eigenvalue weighted by molar-refractivity contribution is 0.573. The molecule has 0 spiro atoms. The first-order chi connectivity index (χ1) is 11.7. The van der Waals surface area contributed by atoms with Crippen molar-refractivity contribution < 1.29 is 0 Å². The Morgan fingerprint density at radius 3 is 2.62 bits per heavy atom. The fraction of sp³-hybridized carbons (Fsp3) is 0.474. The Labute approximate surface area is 149 Å². The molecular formula is C19H25ClN4. The van der Waals surface area contributed by atoms with Crippen LogP contribution in [0.2, 0.25) is 5.02 Å². The lowest BCUT2D eigenvalue weighted by atomic mass is 10.1. The summed E-state index contributed by atoms with van der Waals surface area (Å²) in [6, 6.07) is 8.08. The molecule has 1 N–H and O–H groups in total. The molecule has 1 aliphatic heterocycles. The van der Waals surface area contributed by atoms with E-state index >= 15 is 0 Å². The zero-order valence-electron chi connectivity index (χ0n) is 14.5. The van der Waals surface area contributed by atoms with Gasteiger partial charge in [-0.3, -0.25) is 0 Å². The van der Waals surface area contributed by atoms with Crippen molar-refractivity contribution in [3.05, 3.63) is 40.5 Å². The van der Waals surface area contributed by atoms with Crippen LogP contribution in [0.4, 0.5) is 17.5 Å². The molecule has 5 heteroatoms. The van der Waals surface area contributed by atoms with Gasteiger partial charge in [0, 0.05) is 35.6 Å². The Balaban J connectivity index is 1.87. The first kappa shape index (κ1) is 17.0. The highest BCUT2D eigenvalue weighted by molar-refractivity contribution is 6.31. The molecule has 128 valence electrons. The first-order valence-corrected chi connectivity index (χ1v) is 9.19. The number of piperidine rings is 1. The van der Waals surface area contributed by atoms with Crippen molar-refractivity contribution in [3.63, 3.8) is 0 Å². The normalized spacial score (nSPS) is 14.7. The number of nitrogens with zero attached hydrogens (tertiary/aromatic N) is 3. The maximum atomic E-state index is 6.23. The van der Waals surface area contributed by atoms with Crippen LogP contribution in [-0.4, -0.2) is 23.1 Å². The van der Waals surface area contributed by atoms with Crippen LogP contribution in [0.3, 0.4) is 0 Å². The van der Waals surface area contributed by atoms with Gasteiger partial charge >= 0.3 is 0 Å². The molecule has 1 fully saturated rings. The van der Waals surface area contributed by atoms with E-state index in [0.717, 1.165) is 53.7 Å². The molecule has 0 unspecified atom stereocenters. The van der Waals surface area contributed by atoms with Gasteiger partial charge in [-0.15, -0.1) is 0 Å². The molecule has 4 nitrogen and oxygen atoms in total. The summed E-state index contributed by atoms with van der Waals surface area (Å²) >= 11 is 6.23. The van der Waals surface area contributed by atoms with Gasteiger partial charge in [-0.25, -0.2) is 4.98 Å². The van der Waals surface area contributed by atoms with Gasteiger partial charge in [0.05, 0.1) is 0 Å². The van der Waals surface area contributed by atoms with Gasteiger partial charge in [-0.05, 0) is 50.3 Å². The van der Waals surface area contributed by atoms with Crippen molar-refractivity contribution >= 4 is 29.1 Å². The zero-order valence-corrected chi connectivity index (χ0v) is 15.2. The Kier molecular flexibility index (Phi) is 5.56. The smallest absolute Gasteiger partial charge is 0.229 e. The average Bonchev–Trinajstić information content (AvgIpc) is 2.59. The van der Waals surface area contributed by atoms with Gasteiger partial charge in [-0.1, -0.05) is 31.0 Å². The number of hydrogen-bond donors (Lipinski definition) is 1. The highest BCUT2D eigenvalue weighted by Crippen LogP contribution is 2.24. The summed E-state index contributed by atoms with van der Waals surface area (Å²) < 4.78 is 0. The van der Waals surface area contributed by atoms with Crippen LogP contribution in [0.15, 0.2) is 24.3 Å². The fourth-order valence-electron chi connectivity index (χ4n) is 3.01. The number of halogens is 1. The molecule has 1 aliphatic rings. The average molecular weight is 345 g/mol. The third kappa shape index (κ3) is 4.18. The Bertz CT molecular complexity index is 696. The summed E-state index contributed by atoms with van der Waals surface area (Å²) in [5.74, 6) is 1.69. The highest BCUT2D eigenvalue weighted by atomic mass is 35.5. The fourth-order valence-corrected chi connectivity index (χ4v) is 3.19. The quantitative estimate of drug-likeness (QED) is 0.816. The zero-order chi connectivity index (χ0) is 16.9. The second-order valence-corrected chi connectivity index (χ2v) is 6.83. The van der Waals surface area contributed by atoms with Gasteiger partial charge in [-0.2, -0.15) is 4.98 Å². The Morgan fingerprint density at radius 2 is 1.92 bits per heavy atom. The molecule has 0 aliphatic carbocycles. The molecule has 0 atom stereocenters. The molecule has 1 aromatic heterocycles. The first-order valence-electron chi connectivity index (χ1n) is 8.82. The van der Waals surface area contributed by atoms with Crippen molar-refractivity contribution in [2.75, 3.05) is 23.3 Å². The maximum Gasteiger partial charge on any atom is 0.229 e. The predicted molar refractivity (Wildman–Crippen MR) is 102 cm³/mol. The number of rotatable bonds is 5. The number of hydrogen-bond acceptors (Lipinski definition) is 4. The number of anilines is 3. The molecule has 0 amide bonds. The van der Waals surface area contributed by atoms with Gasteiger partial charge in [0.2, 0.25) is 5.95 Å². The van der Waals surface area contributed by atoms with Gasteiger partial charge < -0.3 is 10.2 Å². The summed E-state index contributed by atoms with van der Waals surface area (Å²) in [7, 11) is 0. The summed E-state index contributed by atoms with van der Waals surface area (Å²) in [6.07, 6.45) is 5.84. The van der Waals surface area contributed by atoms with E-state index in [1.54, 1.807) is 0 Å². The molecular weight excluding hydrogens is 320 g/mol. The van der Waals surface area contributed by atoms with E-state index in [1.165, 1.54) is 19.3 Å². The van der Waals surface area contributed by atoms with Crippen LogP contribution in [0, 0.1) is 6.92 Å². The third-order valence-corrected chi connectivity index (χ3v) is 4.79. The van der Waals surface area contributed by atoms with Crippen LogP contribution in [0.1, 0.15) is 43.9 Å². The van der Waals surface area contributed by atoms with E-state index in [0.29, 0.717) is 5.95 Å². The summed E-state index contributed by atoms with van der Waals surface area (Å²) in [4.78, 5) is 11.8. The number of nitrogens with one attached hydrogen (secondary N) is 1. The van der Waals surface area contributed by atoms with Gasteiger partial charge in [0.25, 0.3) is 0 Å². The number of aromatic nitrogens is 2. The van der Waals surface area contributed by atoms with Crippen LogP contribution in [-0.2, 0) is 6.42 Å². The van der Waals surface area contributed by atoms with Crippen LogP contribution >= 0.6 is 11.6 Å². The monoisotopic (exact) mass is 344 g/mol. The lowest BCUT2D eigenvalue weighted by Gasteiger charge is -2.28. The maximum absolute atomic E-state index is 6.23. The van der Waals surface area contributed by atoms with E-state index in [-0.39, 0.29) is 0 Å². The summed E-state index contributed by atoms with van der Waals surface area (Å²) in [6.45, 7) is 6.34. The molecule has 2 aromatic rings. The molecule has 24 heavy (non-hydrogen) atoms. The largest absolute Gasteiger partial charge is 0.356 e. The molecule has 0 radical (unpaired) electrons. The van der Waals surface area contributed by atoms with Gasteiger partial charge in [0.1, 0.15) is 5.82 Å². The lowest BCUT2D eigenvalue weighted by Crippen LogP contribution is -2.30. The minimum absolute atomic E-state index is 0.654. The summed E-state index contributed by atoms with van der Waals surface area (Å²) in [5, 5.41) is 4.07. The standard InChI is InChI=1S/C19H25ClN4/c1-3-7-15-13-18(24-10-5-4-6-11-24)23-19(21-15)22-16-9-8-14(2)17(20)12-16/h8-9,12-13H,3-7,10-11H2,1-2H3,(H,21,22,23). The van der Waals surface area contributed by atoms with Crippen molar-refractivity contribution in [1.29, 1.82) is 0 Å². The van der Waals surface area contributed by atoms with Crippen molar-refractivity contribution in [1.82, 2.24) is 9.97 Å². The molecule has 0 saturated carbocycles. The Morgan fingerprint density at radius 1 is 1.12 bits per heavy atom. The van der Waals surface area contributed by atoms with E-state index in [9.17, 15) is 0 Å². The molecule has 1 aromatic carbocycles. The van der Waals surface area contributed by atoms with E-state index in [2.05, 4.69) is 28.2 Å². The summed E-state index contributed by atoms with van der Waals surface area (Å²) in [5.41, 5.74) is 3.08. The molecule has 3 rings (SSSR count). The third-order valence-electron chi connectivity index (χ3n) is 4.38. The van der Waals surface area contributed by atoms with Crippen LogP contribution < -0.4 is 10.2 Å². The number of benzene rings is 1. The molecule has 1 saturated heterocycles. The van der Waals surface area contributed by atoms with Crippen molar-refractivity contribution in [3.8, 4) is 0 Å². The molecule has 0 bridgehead atoms. The SMILES string of the molecule is CCCc1cc(N2CCCCC2)nc(Nc2ccc(C)c(Cl)c2)n1. The Hall–Kier alpha value is -1.81. The second kappa shape index (κ2) is 7.84. The van der Waals surface area contributed by atoms with Gasteiger partial charge in [0.15, 0.2) is 0 Å². The second-order valence-electron chi connectivity index (χ2n) is 6.43. The van der Waals surface area contributed by atoms with Crippen LogP contribution in [0.5, 0.6) is 0 Å². The van der Waals surface area contributed by atoms with E-state index < -0.39 is 0 Å². The van der Waals surface area contributed by atoms with Crippen molar-refractivity contribution in [2.24, 2.45) is 0 Å². The molecule has 2 heterocycles.